The molecule has 0 spiro atoms. The van der Waals surface area contributed by atoms with Crippen molar-refractivity contribution >= 4 is 34.5 Å². The smallest absolute Gasteiger partial charge is 0.129 e. The Hall–Kier alpha value is -1.58. The monoisotopic (exact) mass is 305 g/mol. The lowest BCUT2D eigenvalue weighted by Crippen LogP contribution is -2.13. The van der Waals surface area contributed by atoms with E-state index < -0.39 is 0 Å². The second-order valence-corrected chi connectivity index (χ2v) is 5.15. The molecular formula is C16H16ClNOS. The molecule has 2 aromatic carbocycles. The van der Waals surface area contributed by atoms with Crippen molar-refractivity contribution in [3.05, 3.63) is 58.6 Å². The van der Waals surface area contributed by atoms with Crippen LogP contribution >= 0.6 is 23.8 Å². The van der Waals surface area contributed by atoms with E-state index in [1.165, 1.54) is 5.56 Å². The molecule has 0 unspecified atom stereocenters. The standard InChI is InChI=1S/C16H16ClNOS/c1-3-11-6-4-5-7-14(11)18-16(20)13-10-12(17)8-9-15(13)19-2/h4-10H,3H2,1-2H3,(H,18,20). The number of benzene rings is 2. The highest BCUT2D eigenvalue weighted by atomic mass is 35.5. The highest BCUT2D eigenvalue weighted by Gasteiger charge is 2.10. The fourth-order valence-corrected chi connectivity index (χ4v) is 2.44. The molecule has 4 heteroatoms. The van der Waals surface area contributed by atoms with Crippen LogP contribution in [0.15, 0.2) is 42.5 Å². The molecule has 20 heavy (non-hydrogen) atoms. The summed E-state index contributed by atoms with van der Waals surface area (Å²) >= 11 is 11.5. The molecule has 1 N–H and O–H groups in total. The van der Waals surface area contributed by atoms with Crippen LogP contribution in [0.4, 0.5) is 5.69 Å². The minimum atomic E-state index is 0.602. The Kier molecular flexibility index (Phi) is 4.99. The van der Waals surface area contributed by atoms with Crippen LogP contribution in [-0.4, -0.2) is 12.1 Å². The largest absolute Gasteiger partial charge is 0.496 e. The van der Waals surface area contributed by atoms with Crippen LogP contribution in [0, 0.1) is 0 Å². The third kappa shape index (κ3) is 3.30. The number of aryl methyl sites for hydroxylation is 1. The van der Waals surface area contributed by atoms with Crippen molar-refractivity contribution in [2.45, 2.75) is 13.3 Å². The normalized spacial score (nSPS) is 10.2. The summed E-state index contributed by atoms with van der Waals surface area (Å²) in [4.78, 5) is 0.602. The van der Waals surface area contributed by atoms with Crippen LogP contribution in [0.25, 0.3) is 0 Å². The second kappa shape index (κ2) is 6.73. The van der Waals surface area contributed by atoms with E-state index in [0.717, 1.165) is 17.7 Å². The summed E-state index contributed by atoms with van der Waals surface area (Å²) in [6.07, 6.45) is 0.943. The number of para-hydroxylation sites is 1. The molecule has 0 saturated carbocycles. The van der Waals surface area contributed by atoms with E-state index >= 15 is 0 Å². The number of halogens is 1. The summed E-state index contributed by atoms with van der Waals surface area (Å²) in [5.41, 5.74) is 3.03. The van der Waals surface area contributed by atoms with Gasteiger partial charge in [0.05, 0.1) is 12.7 Å². The molecular weight excluding hydrogens is 290 g/mol. The van der Waals surface area contributed by atoms with Gasteiger partial charge in [-0.1, -0.05) is 48.9 Å². The fourth-order valence-electron chi connectivity index (χ4n) is 2.00. The summed E-state index contributed by atoms with van der Waals surface area (Å²) < 4.78 is 5.33. The zero-order valence-electron chi connectivity index (χ0n) is 11.4. The Balaban J connectivity index is 2.30. The third-order valence-corrected chi connectivity index (χ3v) is 3.61. The van der Waals surface area contributed by atoms with Crippen molar-refractivity contribution in [3.63, 3.8) is 0 Å². The molecule has 0 saturated heterocycles. The summed E-state index contributed by atoms with van der Waals surface area (Å²) in [5.74, 6) is 0.709. The molecule has 0 aliphatic carbocycles. The first-order valence-electron chi connectivity index (χ1n) is 6.38. The minimum Gasteiger partial charge on any atom is -0.496 e. The number of ether oxygens (including phenoxy) is 1. The highest BCUT2D eigenvalue weighted by Crippen LogP contribution is 2.25. The molecule has 0 aromatic heterocycles. The maximum atomic E-state index is 6.04. The number of hydrogen-bond acceptors (Lipinski definition) is 2. The van der Waals surface area contributed by atoms with Crippen molar-refractivity contribution < 1.29 is 4.74 Å². The van der Waals surface area contributed by atoms with Crippen molar-refractivity contribution in [1.82, 2.24) is 0 Å². The van der Waals surface area contributed by atoms with Crippen LogP contribution in [0.2, 0.25) is 5.02 Å². The van der Waals surface area contributed by atoms with Gasteiger partial charge in [0.1, 0.15) is 10.7 Å². The van der Waals surface area contributed by atoms with E-state index in [9.17, 15) is 0 Å². The highest BCUT2D eigenvalue weighted by molar-refractivity contribution is 7.81. The molecule has 104 valence electrons. The molecule has 0 bridgehead atoms. The molecule has 0 radical (unpaired) electrons. The van der Waals surface area contributed by atoms with Crippen molar-refractivity contribution in [3.8, 4) is 5.75 Å². The lowest BCUT2D eigenvalue weighted by Gasteiger charge is -2.14. The van der Waals surface area contributed by atoms with Crippen LogP contribution in [-0.2, 0) is 6.42 Å². The average Bonchev–Trinajstić information content (AvgIpc) is 2.47. The Morgan fingerprint density at radius 3 is 2.70 bits per heavy atom. The predicted octanol–water partition coefficient (Wildman–Crippen LogP) is 4.70. The maximum Gasteiger partial charge on any atom is 0.129 e. The fraction of sp³-hybridized carbons (Fsp3) is 0.188. The van der Waals surface area contributed by atoms with Crippen molar-refractivity contribution in [2.24, 2.45) is 0 Å². The molecule has 2 aromatic rings. The zero-order valence-corrected chi connectivity index (χ0v) is 13.0. The van der Waals surface area contributed by atoms with Gasteiger partial charge in [-0.25, -0.2) is 0 Å². The Morgan fingerprint density at radius 1 is 1.25 bits per heavy atom. The second-order valence-electron chi connectivity index (χ2n) is 4.31. The zero-order chi connectivity index (χ0) is 14.5. The first kappa shape index (κ1) is 14.8. The van der Waals surface area contributed by atoms with Gasteiger partial charge in [0.15, 0.2) is 0 Å². The minimum absolute atomic E-state index is 0.602. The van der Waals surface area contributed by atoms with Gasteiger partial charge in [-0.2, -0.15) is 0 Å². The van der Waals surface area contributed by atoms with Gasteiger partial charge >= 0.3 is 0 Å². The third-order valence-electron chi connectivity index (χ3n) is 3.05. The van der Waals surface area contributed by atoms with Gasteiger partial charge in [0.25, 0.3) is 0 Å². The molecule has 0 heterocycles. The number of hydrogen-bond donors (Lipinski definition) is 1. The Morgan fingerprint density at radius 2 is 2.00 bits per heavy atom. The number of methoxy groups -OCH3 is 1. The van der Waals surface area contributed by atoms with Gasteiger partial charge in [-0.05, 0) is 36.2 Å². The van der Waals surface area contributed by atoms with Gasteiger partial charge in [-0.15, -0.1) is 0 Å². The summed E-state index contributed by atoms with van der Waals surface area (Å²) in [7, 11) is 1.62. The molecule has 0 fully saturated rings. The molecule has 0 aliphatic heterocycles. The van der Waals surface area contributed by atoms with Crippen LogP contribution in [0.1, 0.15) is 18.1 Å². The van der Waals surface area contributed by atoms with Gasteiger partial charge < -0.3 is 10.1 Å². The summed E-state index contributed by atoms with van der Waals surface area (Å²) in [6, 6.07) is 13.5. The van der Waals surface area contributed by atoms with E-state index in [1.807, 2.05) is 30.3 Å². The lowest BCUT2D eigenvalue weighted by atomic mass is 10.1. The number of thiocarbonyl (C=S) groups is 1. The summed E-state index contributed by atoms with van der Waals surface area (Å²) in [6.45, 7) is 2.11. The van der Waals surface area contributed by atoms with E-state index in [2.05, 4.69) is 18.3 Å². The first-order chi connectivity index (χ1) is 9.65. The van der Waals surface area contributed by atoms with E-state index in [-0.39, 0.29) is 0 Å². The SMILES string of the molecule is CCc1ccccc1NC(=S)c1cc(Cl)ccc1OC. The molecule has 0 amide bonds. The Labute approximate surface area is 129 Å². The van der Waals surface area contributed by atoms with Crippen molar-refractivity contribution in [1.29, 1.82) is 0 Å². The van der Waals surface area contributed by atoms with Gasteiger partial charge in [0, 0.05) is 10.7 Å². The van der Waals surface area contributed by atoms with Gasteiger partial charge in [-0.3, -0.25) is 0 Å². The average molecular weight is 306 g/mol. The van der Waals surface area contributed by atoms with Crippen molar-refractivity contribution in [2.75, 3.05) is 12.4 Å². The van der Waals surface area contributed by atoms with E-state index in [0.29, 0.717) is 15.8 Å². The molecule has 0 aliphatic rings. The quantitative estimate of drug-likeness (QED) is 0.827. The predicted molar refractivity (Wildman–Crippen MR) is 89.1 cm³/mol. The van der Waals surface area contributed by atoms with Crippen LogP contribution in [0.5, 0.6) is 5.75 Å². The first-order valence-corrected chi connectivity index (χ1v) is 7.17. The molecule has 0 atom stereocenters. The van der Waals surface area contributed by atoms with Gasteiger partial charge in [0.2, 0.25) is 0 Å². The number of nitrogens with one attached hydrogen (secondary N) is 1. The molecule has 2 nitrogen and oxygen atoms in total. The van der Waals surface area contributed by atoms with E-state index in [1.54, 1.807) is 13.2 Å². The number of anilines is 1. The maximum absolute atomic E-state index is 6.04. The van der Waals surface area contributed by atoms with E-state index in [4.69, 9.17) is 28.6 Å². The van der Waals surface area contributed by atoms with Crippen LogP contribution in [0.3, 0.4) is 0 Å². The topological polar surface area (TPSA) is 21.3 Å². The number of rotatable bonds is 4. The lowest BCUT2D eigenvalue weighted by molar-refractivity contribution is 0.414. The van der Waals surface area contributed by atoms with Crippen LogP contribution < -0.4 is 10.1 Å². The molecule has 2 rings (SSSR count). The Bertz CT molecular complexity index is 628. The summed E-state index contributed by atoms with van der Waals surface area (Å²) in [5, 5.41) is 3.91.